The van der Waals surface area contributed by atoms with E-state index in [0.29, 0.717) is 27.6 Å². The van der Waals surface area contributed by atoms with Crippen molar-refractivity contribution < 1.29 is 9.90 Å². The first-order valence-corrected chi connectivity index (χ1v) is 9.04. The average molecular weight is 373 g/mol. The van der Waals surface area contributed by atoms with Gasteiger partial charge in [-0.25, -0.2) is 5.43 Å². The van der Waals surface area contributed by atoms with E-state index in [2.05, 4.69) is 10.5 Å². The second kappa shape index (κ2) is 7.25. The summed E-state index contributed by atoms with van der Waals surface area (Å²) in [6, 6.07) is 12.8. The molecule has 0 fully saturated rings. The van der Waals surface area contributed by atoms with Crippen LogP contribution in [0.5, 0.6) is 5.75 Å². The molecule has 0 saturated heterocycles. The molecule has 3 aromatic rings. The minimum Gasteiger partial charge on any atom is -0.507 e. The Morgan fingerprint density at radius 1 is 1.28 bits per heavy atom. The van der Waals surface area contributed by atoms with Gasteiger partial charge in [-0.3, -0.25) is 4.79 Å². The van der Waals surface area contributed by atoms with Crippen molar-refractivity contribution in [2.75, 3.05) is 0 Å². The highest BCUT2D eigenvalue weighted by atomic mass is 35.5. The Morgan fingerprint density at radius 2 is 2.04 bits per heavy atom. The molecule has 0 unspecified atom stereocenters. The smallest absolute Gasteiger partial charge is 0.283 e. The summed E-state index contributed by atoms with van der Waals surface area (Å²) in [5.41, 5.74) is 4.87. The average Bonchev–Trinajstić information content (AvgIpc) is 2.92. The van der Waals surface area contributed by atoms with Crippen molar-refractivity contribution in [3.63, 3.8) is 0 Å². The second-order valence-corrected chi connectivity index (χ2v) is 7.05. The number of rotatable bonds is 4. The van der Waals surface area contributed by atoms with E-state index in [1.54, 1.807) is 18.2 Å². The van der Waals surface area contributed by atoms with Crippen LogP contribution >= 0.6 is 22.9 Å². The molecule has 25 heavy (non-hydrogen) atoms. The Bertz CT molecular complexity index is 979. The van der Waals surface area contributed by atoms with Gasteiger partial charge in [-0.1, -0.05) is 42.8 Å². The minimum atomic E-state index is -0.356. The van der Waals surface area contributed by atoms with Crippen LogP contribution in [-0.4, -0.2) is 16.7 Å². The number of hydrogen-bond acceptors (Lipinski definition) is 4. The maximum Gasteiger partial charge on any atom is 0.283 e. The third-order valence-corrected chi connectivity index (χ3v) is 5.49. The molecular formula is C19H17ClN2O2S. The van der Waals surface area contributed by atoms with Crippen molar-refractivity contribution >= 4 is 44.6 Å². The number of para-hydroxylation sites is 1. The zero-order valence-corrected chi connectivity index (χ0v) is 15.4. The summed E-state index contributed by atoms with van der Waals surface area (Å²) in [6.07, 6.45) is 0.567. The first-order chi connectivity index (χ1) is 12.0. The van der Waals surface area contributed by atoms with Gasteiger partial charge in [0.15, 0.2) is 0 Å². The monoisotopic (exact) mass is 372 g/mol. The van der Waals surface area contributed by atoms with Gasteiger partial charge in [-0.05, 0) is 37.1 Å². The molecule has 6 heteroatoms. The number of phenols is 1. The molecule has 1 heterocycles. The molecule has 2 aromatic carbocycles. The molecule has 0 saturated carbocycles. The first kappa shape index (κ1) is 17.5. The van der Waals surface area contributed by atoms with Crippen LogP contribution in [0.1, 0.15) is 34.1 Å². The molecule has 2 N–H and O–H groups in total. The Kier molecular flexibility index (Phi) is 5.06. The summed E-state index contributed by atoms with van der Waals surface area (Å²) in [7, 11) is 0. The molecule has 0 bridgehead atoms. The molecule has 3 rings (SSSR count). The van der Waals surface area contributed by atoms with E-state index in [1.165, 1.54) is 11.3 Å². The fraction of sp³-hybridized carbons (Fsp3) is 0.158. The van der Waals surface area contributed by atoms with E-state index < -0.39 is 0 Å². The molecule has 128 valence electrons. The number of hydrogen-bond donors (Lipinski definition) is 2. The summed E-state index contributed by atoms with van der Waals surface area (Å²) in [6.45, 7) is 3.91. The van der Waals surface area contributed by atoms with Gasteiger partial charge in [-0.2, -0.15) is 5.10 Å². The Morgan fingerprint density at radius 3 is 2.76 bits per heavy atom. The summed E-state index contributed by atoms with van der Waals surface area (Å²) in [4.78, 5) is 12.9. The number of nitrogens with zero attached hydrogens (tertiary/aromatic N) is 1. The van der Waals surface area contributed by atoms with Crippen LogP contribution in [0.25, 0.3) is 10.1 Å². The van der Waals surface area contributed by atoms with E-state index in [-0.39, 0.29) is 11.7 Å². The Labute approximate surface area is 154 Å². The van der Waals surface area contributed by atoms with Gasteiger partial charge in [0.2, 0.25) is 0 Å². The Balaban J connectivity index is 1.89. The van der Waals surface area contributed by atoms with Gasteiger partial charge >= 0.3 is 0 Å². The van der Waals surface area contributed by atoms with Crippen LogP contribution in [0.3, 0.4) is 0 Å². The van der Waals surface area contributed by atoms with Gasteiger partial charge in [0.1, 0.15) is 10.6 Å². The summed E-state index contributed by atoms with van der Waals surface area (Å²) >= 11 is 7.70. The number of benzene rings is 2. The van der Waals surface area contributed by atoms with E-state index in [1.807, 2.05) is 38.1 Å². The van der Waals surface area contributed by atoms with Crippen molar-refractivity contribution in [2.45, 2.75) is 20.3 Å². The fourth-order valence-corrected chi connectivity index (χ4v) is 4.04. The lowest BCUT2D eigenvalue weighted by molar-refractivity contribution is 0.0959. The fourth-order valence-electron chi connectivity index (χ4n) is 2.53. The second-order valence-electron chi connectivity index (χ2n) is 5.61. The van der Waals surface area contributed by atoms with Crippen LogP contribution in [-0.2, 0) is 0 Å². The number of thiophene rings is 1. The highest BCUT2D eigenvalue weighted by Crippen LogP contribution is 2.35. The normalized spacial score (nSPS) is 11.7. The van der Waals surface area contributed by atoms with Gasteiger partial charge in [-0.15, -0.1) is 11.3 Å². The van der Waals surface area contributed by atoms with E-state index in [9.17, 15) is 9.90 Å². The van der Waals surface area contributed by atoms with Crippen LogP contribution in [0.15, 0.2) is 47.6 Å². The molecular weight excluding hydrogens is 356 g/mol. The van der Waals surface area contributed by atoms with Crippen LogP contribution in [0.4, 0.5) is 0 Å². The maximum atomic E-state index is 12.5. The SMILES string of the molecule is CC/C(=N\NC(=O)c1sc2cc(C)ccc2c1Cl)c1ccccc1O. The molecule has 1 amide bonds. The predicted molar refractivity (Wildman–Crippen MR) is 104 cm³/mol. The quantitative estimate of drug-likeness (QED) is 0.493. The number of carbonyl (C=O) groups excluding carboxylic acids is 1. The molecule has 0 spiro atoms. The lowest BCUT2D eigenvalue weighted by Gasteiger charge is -2.06. The standard InChI is InChI=1S/C19H17ClN2O2S/c1-3-14(12-6-4-5-7-15(12)23)21-22-19(24)18-17(20)13-9-8-11(2)10-16(13)25-18/h4-10,23H,3H2,1-2H3,(H,22,24)/b21-14+. The maximum absolute atomic E-state index is 12.5. The van der Waals surface area contributed by atoms with Crippen molar-refractivity contribution in [1.82, 2.24) is 5.43 Å². The van der Waals surface area contributed by atoms with Crippen molar-refractivity contribution in [3.8, 4) is 5.75 Å². The topological polar surface area (TPSA) is 61.7 Å². The third kappa shape index (κ3) is 3.52. The molecule has 0 aliphatic carbocycles. The highest BCUT2D eigenvalue weighted by Gasteiger charge is 2.17. The van der Waals surface area contributed by atoms with Gasteiger partial charge in [0.25, 0.3) is 5.91 Å². The molecule has 0 aliphatic heterocycles. The minimum absolute atomic E-state index is 0.132. The van der Waals surface area contributed by atoms with Gasteiger partial charge in [0.05, 0.1) is 10.7 Å². The third-order valence-electron chi connectivity index (χ3n) is 3.83. The number of halogens is 1. The van der Waals surface area contributed by atoms with Crippen LogP contribution in [0.2, 0.25) is 5.02 Å². The molecule has 1 aromatic heterocycles. The first-order valence-electron chi connectivity index (χ1n) is 7.85. The number of phenolic OH excluding ortho intramolecular Hbond substituents is 1. The zero-order chi connectivity index (χ0) is 18.0. The molecule has 4 nitrogen and oxygen atoms in total. The number of fused-ring (bicyclic) bond motifs is 1. The number of aromatic hydroxyl groups is 1. The van der Waals surface area contributed by atoms with Crippen LogP contribution < -0.4 is 5.43 Å². The molecule has 0 atom stereocenters. The number of amides is 1. The van der Waals surface area contributed by atoms with Crippen molar-refractivity contribution in [2.24, 2.45) is 5.10 Å². The Hall–Kier alpha value is -2.37. The van der Waals surface area contributed by atoms with E-state index >= 15 is 0 Å². The number of nitrogens with one attached hydrogen (secondary N) is 1. The number of hydrazone groups is 1. The van der Waals surface area contributed by atoms with Crippen LogP contribution in [0, 0.1) is 6.92 Å². The summed E-state index contributed by atoms with van der Waals surface area (Å²) in [5, 5.41) is 15.4. The van der Waals surface area contributed by atoms with Crippen molar-refractivity contribution in [1.29, 1.82) is 0 Å². The summed E-state index contributed by atoms with van der Waals surface area (Å²) in [5.74, 6) is -0.224. The van der Waals surface area contributed by atoms with Crippen molar-refractivity contribution in [3.05, 3.63) is 63.5 Å². The number of carbonyl (C=O) groups is 1. The zero-order valence-electron chi connectivity index (χ0n) is 13.8. The largest absolute Gasteiger partial charge is 0.507 e. The molecule has 0 radical (unpaired) electrons. The van der Waals surface area contributed by atoms with E-state index in [0.717, 1.165) is 15.6 Å². The van der Waals surface area contributed by atoms with Gasteiger partial charge in [0, 0.05) is 15.6 Å². The summed E-state index contributed by atoms with van der Waals surface area (Å²) < 4.78 is 0.968. The molecule has 0 aliphatic rings. The number of aryl methyl sites for hydroxylation is 1. The van der Waals surface area contributed by atoms with E-state index in [4.69, 9.17) is 11.6 Å². The lowest BCUT2D eigenvalue weighted by atomic mass is 10.1. The highest BCUT2D eigenvalue weighted by molar-refractivity contribution is 7.21. The lowest BCUT2D eigenvalue weighted by Crippen LogP contribution is -2.19. The van der Waals surface area contributed by atoms with Gasteiger partial charge < -0.3 is 5.11 Å². The predicted octanol–water partition coefficient (Wildman–Crippen LogP) is 5.11.